The zero-order valence-corrected chi connectivity index (χ0v) is 26.6. The number of carbonyl (C=O) groups is 4. The van der Waals surface area contributed by atoms with Crippen LogP contribution in [0, 0.1) is 0 Å². The maximum Gasteiger partial charge on any atom is 0.249 e. The van der Waals surface area contributed by atoms with Crippen molar-refractivity contribution in [2.75, 3.05) is 14.2 Å². The van der Waals surface area contributed by atoms with E-state index in [0.717, 1.165) is 11.1 Å². The Bertz CT molecular complexity index is 1510. The van der Waals surface area contributed by atoms with Gasteiger partial charge in [0.25, 0.3) is 0 Å². The van der Waals surface area contributed by atoms with E-state index in [2.05, 4.69) is 16.0 Å². The monoisotopic (exact) mass is 645 g/mol. The van der Waals surface area contributed by atoms with Gasteiger partial charge < -0.3 is 42.0 Å². The van der Waals surface area contributed by atoms with Gasteiger partial charge >= 0.3 is 0 Å². The topological polar surface area (TPSA) is 195 Å². The van der Waals surface area contributed by atoms with Crippen molar-refractivity contribution in [3.63, 3.8) is 0 Å². The number of carbonyl (C=O) groups excluding carboxylic acids is 4. The van der Waals surface area contributed by atoms with Crippen molar-refractivity contribution in [2.24, 2.45) is 11.5 Å². The first-order chi connectivity index (χ1) is 22.6. The summed E-state index contributed by atoms with van der Waals surface area (Å²) in [6, 6.07) is 21.3. The lowest BCUT2D eigenvalue weighted by atomic mass is 9.91. The van der Waals surface area contributed by atoms with E-state index in [1.54, 1.807) is 12.1 Å². The molecule has 0 heterocycles. The summed E-state index contributed by atoms with van der Waals surface area (Å²) in [6.07, 6.45) is -0.527. The van der Waals surface area contributed by atoms with Crippen LogP contribution >= 0.6 is 0 Å². The maximum absolute atomic E-state index is 14.4. The fourth-order valence-corrected chi connectivity index (χ4v) is 5.99. The Morgan fingerprint density at radius 1 is 0.787 bits per heavy atom. The highest BCUT2D eigenvalue weighted by molar-refractivity contribution is 5.97. The van der Waals surface area contributed by atoms with Crippen molar-refractivity contribution < 1.29 is 33.8 Å². The van der Waals surface area contributed by atoms with E-state index in [4.69, 9.17) is 20.9 Å². The van der Waals surface area contributed by atoms with Gasteiger partial charge in [0, 0.05) is 27.1 Å². The molecule has 0 aliphatic heterocycles. The lowest BCUT2D eigenvalue weighted by Gasteiger charge is -2.37. The van der Waals surface area contributed by atoms with Gasteiger partial charge in [0.15, 0.2) is 0 Å². The minimum Gasteiger partial charge on any atom is -0.508 e. The molecule has 1 saturated carbocycles. The molecule has 0 radical (unpaired) electrons. The molecule has 4 amide bonds. The van der Waals surface area contributed by atoms with Gasteiger partial charge in [0.2, 0.25) is 23.6 Å². The van der Waals surface area contributed by atoms with Gasteiger partial charge in [0.1, 0.15) is 29.5 Å². The van der Waals surface area contributed by atoms with Gasteiger partial charge in [0.05, 0.1) is 12.1 Å². The van der Waals surface area contributed by atoms with Crippen molar-refractivity contribution in [2.45, 2.75) is 68.0 Å². The van der Waals surface area contributed by atoms with Crippen molar-refractivity contribution in [1.29, 1.82) is 0 Å². The number of benzene rings is 3. The summed E-state index contributed by atoms with van der Waals surface area (Å²) >= 11 is 0. The van der Waals surface area contributed by atoms with Crippen molar-refractivity contribution in [3.05, 3.63) is 102 Å². The standard InChI is InChI=1S/C35H43N5O7/c1-46-29-17-18-35(30(29)47-2,40-32(43)26(36)19-24-13-15-25(41)16-14-24)34(45)39-28(21-23-11-7-4-8-12-23)33(44)38-27(31(37)42)20-22-9-5-3-6-10-22/h3-16,26-30,41H,17-21,36H2,1-2H3,(H2,37,42)(H,38,44)(H,39,45)(H,40,43)/t26-,27-,28-,29-,30+,35?/m0/s1. The van der Waals surface area contributed by atoms with E-state index in [0.29, 0.717) is 12.0 Å². The second-order valence-electron chi connectivity index (χ2n) is 11.8. The fourth-order valence-electron chi connectivity index (χ4n) is 5.99. The molecule has 3 aromatic rings. The quantitative estimate of drug-likeness (QED) is 0.140. The number of phenols is 1. The average molecular weight is 646 g/mol. The number of amides is 4. The van der Waals surface area contributed by atoms with Gasteiger partial charge in [-0.25, -0.2) is 0 Å². The number of phenolic OH excluding ortho intramolecular Hbond substituents is 1. The van der Waals surface area contributed by atoms with E-state index < -0.39 is 59.5 Å². The van der Waals surface area contributed by atoms with E-state index in [1.165, 1.54) is 26.4 Å². The number of aromatic hydroxyl groups is 1. The molecule has 0 saturated heterocycles. The highest BCUT2D eigenvalue weighted by Gasteiger charge is 2.56. The maximum atomic E-state index is 14.4. The predicted octanol–water partition coefficient (Wildman–Crippen LogP) is 0.881. The smallest absolute Gasteiger partial charge is 0.249 e. The number of methoxy groups -OCH3 is 2. The molecule has 3 aromatic carbocycles. The zero-order chi connectivity index (χ0) is 34.0. The van der Waals surface area contributed by atoms with Gasteiger partial charge in [-0.15, -0.1) is 0 Å². The van der Waals surface area contributed by atoms with Crippen LogP contribution in [0.15, 0.2) is 84.9 Å². The Labute approximate surface area is 274 Å². The molecule has 1 fully saturated rings. The summed E-state index contributed by atoms with van der Waals surface area (Å²) in [4.78, 5) is 54.1. The first kappa shape index (κ1) is 35.1. The SMILES string of the molecule is CO[C@H]1CCC(NC(=O)[C@@H](N)Cc2ccc(O)cc2)(C(=O)N[C@@H](Cc2ccccc2)C(=O)N[C@@H](Cc2ccccc2)C(N)=O)[C@@H]1OC. The molecule has 47 heavy (non-hydrogen) atoms. The van der Waals surface area contributed by atoms with Crippen LogP contribution in [-0.4, -0.2) is 78.8 Å². The first-order valence-electron chi connectivity index (χ1n) is 15.5. The molecule has 6 atom stereocenters. The summed E-state index contributed by atoms with van der Waals surface area (Å²) in [5, 5.41) is 18.0. The molecule has 12 nitrogen and oxygen atoms in total. The fraction of sp³-hybridized carbons (Fsp3) is 0.371. The van der Waals surface area contributed by atoms with E-state index in [-0.39, 0.29) is 31.4 Å². The van der Waals surface area contributed by atoms with Gasteiger partial charge in [-0.2, -0.15) is 0 Å². The van der Waals surface area contributed by atoms with Crippen LogP contribution in [0.1, 0.15) is 29.5 Å². The molecule has 0 spiro atoms. The van der Waals surface area contributed by atoms with Gasteiger partial charge in [-0.3, -0.25) is 19.2 Å². The van der Waals surface area contributed by atoms with Crippen LogP contribution in [0.3, 0.4) is 0 Å². The number of rotatable bonds is 15. The second-order valence-corrected chi connectivity index (χ2v) is 11.8. The lowest BCUT2D eigenvalue weighted by molar-refractivity contribution is -0.144. The third kappa shape index (κ3) is 8.94. The Morgan fingerprint density at radius 3 is 1.87 bits per heavy atom. The summed E-state index contributed by atoms with van der Waals surface area (Å²) in [7, 11) is 2.91. The van der Waals surface area contributed by atoms with E-state index >= 15 is 0 Å². The molecule has 0 bridgehead atoms. The summed E-state index contributed by atoms with van der Waals surface area (Å²) < 4.78 is 11.4. The molecule has 1 unspecified atom stereocenters. The number of hydrogen-bond donors (Lipinski definition) is 6. The van der Waals surface area contributed by atoms with Crippen molar-refractivity contribution in [3.8, 4) is 5.75 Å². The van der Waals surface area contributed by atoms with Crippen LogP contribution in [-0.2, 0) is 47.9 Å². The largest absolute Gasteiger partial charge is 0.508 e. The number of ether oxygens (including phenoxy) is 2. The molecular formula is C35H43N5O7. The molecule has 0 aromatic heterocycles. The Morgan fingerprint density at radius 2 is 1.34 bits per heavy atom. The van der Waals surface area contributed by atoms with Crippen LogP contribution < -0.4 is 27.4 Å². The summed E-state index contributed by atoms with van der Waals surface area (Å²) in [5.74, 6) is -2.53. The molecule has 250 valence electrons. The van der Waals surface area contributed by atoms with Crippen molar-refractivity contribution in [1.82, 2.24) is 16.0 Å². The molecule has 8 N–H and O–H groups in total. The third-order valence-corrected chi connectivity index (χ3v) is 8.53. The van der Waals surface area contributed by atoms with Crippen LogP contribution in [0.2, 0.25) is 0 Å². The lowest BCUT2D eigenvalue weighted by Crippen LogP contribution is -2.69. The molecule has 12 heteroatoms. The Kier molecular flexibility index (Phi) is 12.1. The Hall–Kier alpha value is -4.78. The summed E-state index contributed by atoms with van der Waals surface area (Å²) in [6.45, 7) is 0. The minimum absolute atomic E-state index is 0.0817. The van der Waals surface area contributed by atoms with Crippen molar-refractivity contribution >= 4 is 23.6 Å². The number of nitrogens with two attached hydrogens (primary N) is 2. The second kappa shape index (κ2) is 16.2. The molecular weight excluding hydrogens is 602 g/mol. The van der Waals surface area contributed by atoms with E-state index in [1.807, 2.05) is 60.7 Å². The van der Waals surface area contributed by atoms with Crippen LogP contribution in [0.5, 0.6) is 5.75 Å². The highest BCUT2D eigenvalue weighted by Crippen LogP contribution is 2.35. The normalized spacial score (nSPS) is 20.8. The third-order valence-electron chi connectivity index (χ3n) is 8.53. The van der Waals surface area contributed by atoms with Gasteiger partial charge in [-0.1, -0.05) is 72.8 Å². The van der Waals surface area contributed by atoms with E-state index in [9.17, 15) is 24.3 Å². The number of hydrogen-bond acceptors (Lipinski definition) is 8. The number of nitrogens with one attached hydrogen (secondary N) is 3. The van der Waals surface area contributed by atoms with Gasteiger partial charge in [-0.05, 0) is 48.1 Å². The molecule has 1 aliphatic rings. The summed E-state index contributed by atoms with van der Waals surface area (Å²) in [5.41, 5.74) is 12.6. The van der Waals surface area contributed by atoms with Crippen LogP contribution in [0.25, 0.3) is 0 Å². The van der Waals surface area contributed by atoms with Crippen LogP contribution in [0.4, 0.5) is 0 Å². The Balaban J connectivity index is 1.60. The predicted molar refractivity (Wildman–Crippen MR) is 175 cm³/mol. The number of primary amides is 1. The molecule has 1 aliphatic carbocycles. The highest BCUT2D eigenvalue weighted by atomic mass is 16.5. The molecule has 4 rings (SSSR count). The first-order valence-corrected chi connectivity index (χ1v) is 15.5. The zero-order valence-electron chi connectivity index (χ0n) is 26.6. The minimum atomic E-state index is -1.64. The average Bonchev–Trinajstić information content (AvgIpc) is 3.44.